The van der Waals surface area contributed by atoms with Crippen molar-refractivity contribution in [3.05, 3.63) is 0 Å². The van der Waals surface area contributed by atoms with Crippen LogP contribution in [0.15, 0.2) is 4.99 Å². The molecule has 8 amide bonds. The molecule has 0 rings (SSSR count). The van der Waals surface area contributed by atoms with E-state index in [1.165, 1.54) is 0 Å². The number of carboxylic acids is 1. The topological polar surface area (TPSA) is 409 Å². The van der Waals surface area contributed by atoms with Gasteiger partial charge in [-0.25, -0.2) is 4.79 Å². The summed E-state index contributed by atoms with van der Waals surface area (Å²) in [5, 5.41) is 33.1. The Morgan fingerprint density at radius 3 is 1.74 bits per heavy atom. The second-order valence-corrected chi connectivity index (χ2v) is 13.1. The lowest BCUT2D eigenvalue weighted by atomic mass is 9.99. The van der Waals surface area contributed by atoms with E-state index in [0.717, 1.165) is 0 Å². The number of carboxylic acid groups (broad SMARTS) is 1. The van der Waals surface area contributed by atoms with Crippen molar-refractivity contribution in [2.75, 3.05) is 19.7 Å². The lowest BCUT2D eigenvalue weighted by Gasteiger charge is -2.28. The predicted molar refractivity (Wildman–Crippen MR) is 192 cm³/mol. The molecule has 0 aliphatic heterocycles. The maximum atomic E-state index is 13.5. The van der Waals surface area contributed by atoms with E-state index in [1.54, 1.807) is 27.7 Å². The number of aliphatic hydroxyl groups is 1. The minimum absolute atomic E-state index is 0.0216. The molecule has 0 aromatic heterocycles. The van der Waals surface area contributed by atoms with Crippen molar-refractivity contribution in [1.82, 2.24) is 31.9 Å². The van der Waals surface area contributed by atoms with Gasteiger partial charge in [0.2, 0.25) is 47.3 Å². The number of rotatable bonds is 26. The molecule has 0 aromatic rings. The minimum atomic E-state index is -1.63. The quantitative estimate of drug-likeness (QED) is 0.0221. The highest BCUT2D eigenvalue weighted by Gasteiger charge is 2.33. The van der Waals surface area contributed by atoms with Crippen molar-refractivity contribution >= 4 is 59.2 Å². The zero-order chi connectivity index (χ0) is 41.7. The van der Waals surface area contributed by atoms with Crippen molar-refractivity contribution in [2.24, 2.45) is 45.5 Å². The summed E-state index contributed by atoms with van der Waals surface area (Å²) >= 11 is 0. The number of nitrogens with zero attached hydrogens (tertiary/aromatic N) is 1. The van der Waals surface area contributed by atoms with Crippen LogP contribution in [-0.4, -0.2) is 125 Å². The molecule has 306 valence electrons. The average molecular weight is 773 g/mol. The Morgan fingerprint density at radius 1 is 0.667 bits per heavy atom. The Morgan fingerprint density at radius 2 is 1.24 bits per heavy atom. The van der Waals surface area contributed by atoms with Crippen LogP contribution in [0.5, 0.6) is 0 Å². The summed E-state index contributed by atoms with van der Waals surface area (Å²) < 4.78 is 0. The van der Waals surface area contributed by atoms with E-state index in [1.807, 2.05) is 0 Å². The van der Waals surface area contributed by atoms with E-state index in [-0.39, 0.29) is 50.5 Å². The summed E-state index contributed by atoms with van der Waals surface area (Å²) in [4.78, 5) is 116. The first-order chi connectivity index (χ1) is 25.1. The standard InChI is InChI=1S/C31H56N12O11/c1-14(2)10-18(28(51)43-24(15(3)4)29(52)40-17(30(53)54)6-5-9-37-31(35)36)41-27(50)19(11-22(34)46)39-23(47)12-38-26(49)20(13-44)42-25(48)16(32)7-8-21(33)45/h14-20,24,44H,5-13,32H2,1-4H3,(H2,33,45)(H2,34,46)(H,38,49)(H,39,47)(H,40,52)(H,41,50)(H,42,48)(H,43,51)(H,53,54)(H4,35,36,37)/t16-,17-,18-,19-,20-,24-/m0/s1. The Bertz CT molecular complexity index is 1370. The molecule has 0 saturated heterocycles. The van der Waals surface area contributed by atoms with Gasteiger partial charge in [-0.15, -0.1) is 0 Å². The van der Waals surface area contributed by atoms with E-state index in [4.69, 9.17) is 28.7 Å². The molecule has 0 fully saturated rings. The molecular weight excluding hydrogens is 716 g/mol. The third-order valence-electron chi connectivity index (χ3n) is 7.48. The Hall–Kier alpha value is -5.58. The Balaban J connectivity index is 5.71. The maximum Gasteiger partial charge on any atom is 0.326 e. The number of aliphatic carboxylic acids is 1. The van der Waals surface area contributed by atoms with E-state index in [9.17, 15) is 53.4 Å². The molecule has 6 atom stereocenters. The van der Waals surface area contributed by atoms with Gasteiger partial charge in [0.25, 0.3) is 0 Å². The number of hydrogen-bond acceptors (Lipinski definition) is 12. The molecule has 0 saturated carbocycles. The van der Waals surface area contributed by atoms with Crippen molar-refractivity contribution in [3.63, 3.8) is 0 Å². The van der Waals surface area contributed by atoms with Crippen LogP contribution in [0, 0.1) is 11.8 Å². The fourth-order valence-corrected chi connectivity index (χ4v) is 4.63. The third kappa shape index (κ3) is 19.9. The summed E-state index contributed by atoms with van der Waals surface area (Å²) in [6.07, 6.45) is -0.827. The van der Waals surface area contributed by atoms with Crippen LogP contribution >= 0.6 is 0 Å². The molecule has 0 unspecified atom stereocenters. The van der Waals surface area contributed by atoms with E-state index in [2.05, 4.69) is 36.9 Å². The number of guanidine groups is 1. The second-order valence-electron chi connectivity index (χ2n) is 13.1. The third-order valence-corrected chi connectivity index (χ3v) is 7.48. The molecule has 0 radical (unpaired) electrons. The largest absolute Gasteiger partial charge is 0.480 e. The number of primary amides is 2. The number of aliphatic imine (C=N–C) groups is 1. The van der Waals surface area contributed by atoms with Crippen LogP contribution in [0.1, 0.15) is 66.2 Å². The monoisotopic (exact) mass is 772 g/mol. The van der Waals surface area contributed by atoms with Crippen LogP contribution in [-0.2, 0) is 43.2 Å². The summed E-state index contributed by atoms with van der Waals surface area (Å²) in [6, 6.07) is -8.29. The van der Waals surface area contributed by atoms with Gasteiger partial charge in [0.15, 0.2) is 5.96 Å². The molecule has 54 heavy (non-hydrogen) atoms. The van der Waals surface area contributed by atoms with Crippen molar-refractivity contribution in [3.8, 4) is 0 Å². The number of carbonyl (C=O) groups excluding carboxylic acids is 8. The highest BCUT2D eigenvalue weighted by molar-refractivity contribution is 5.97. The fourth-order valence-electron chi connectivity index (χ4n) is 4.63. The van der Waals surface area contributed by atoms with Gasteiger partial charge in [-0.3, -0.25) is 43.3 Å². The molecule has 0 aliphatic rings. The van der Waals surface area contributed by atoms with Gasteiger partial charge < -0.3 is 70.8 Å². The lowest BCUT2D eigenvalue weighted by molar-refractivity contribution is -0.143. The summed E-state index contributed by atoms with van der Waals surface area (Å²) in [6.45, 7) is 5.11. The summed E-state index contributed by atoms with van der Waals surface area (Å²) in [7, 11) is 0. The summed E-state index contributed by atoms with van der Waals surface area (Å²) in [5.74, 6) is -9.52. The lowest BCUT2D eigenvalue weighted by Crippen LogP contribution is -2.59. The van der Waals surface area contributed by atoms with Crippen molar-refractivity contribution in [2.45, 2.75) is 102 Å². The van der Waals surface area contributed by atoms with Crippen LogP contribution in [0.25, 0.3) is 0 Å². The zero-order valence-corrected chi connectivity index (χ0v) is 30.9. The first-order valence-corrected chi connectivity index (χ1v) is 17.1. The van der Waals surface area contributed by atoms with Gasteiger partial charge >= 0.3 is 5.97 Å². The Labute approximate surface area is 312 Å². The minimum Gasteiger partial charge on any atom is -0.480 e. The van der Waals surface area contributed by atoms with E-state index >= 15 is 0 Å². The smallest absolute Gasteiger partial charge is 0.326 e. The van der Waals surface area contributed by atoms with Gasteiger partial charge in [-0.1, -0.05) is 27.7 Å². The maximum absolute atomic E-state index is 13.5. The van der Waals surface area contributed by atoms with Gasteiger partial charge in [-0.05, 0) is 37.5 Å². The fraction of sp³-hybridized carbons (Fsp3) is 0.677. The predicted octanol–water partition coefficient (Wildman–Crippen LogP) is -6.17. The molecular formula is C31H56N12O11. The highest BCUT2D eigenvalue weighted by atomic mass is 16.4. The van der Waals surface area contributed by atoms with Gasteiger partial charge in [-0.2, -0.15) is 0 Å². The van der Waals surface area contributed by atoms with Crippen LogP contribution in [0.3, 0.4) is 0 Å². The zero-order valence-electron chi connectivity index (χ0n) is 30.9. The number of amides is 8. The number of hydrogen-bond donors (Lipinski definition) is 13. The molecule has 18 N–H and O–H groups in total. The number of aliphatic hydroxyl groups excluding tert-OH is 1. The molecule has 0 aromatic carbocycles. The van der Waals surface area contributed by atoms with Gasteiger partial charge in [0, 0.05) is 13.0 Å². The molecule has 23 nitrogen and oxygen atoms in total. The molecule has 23 heteroatoms. The molecule has 0 heterocycles. The highest BCUT2D eigenvalue weighted by Crippen LogP contribution is 2.10. The van der Waals surface area contributed by atoms with E-state index < -0.39 is 115 Å². The average Bonchev–Trinajstić information content (AvgIpc) is 3.06. The number of nitrogens with one attached hydrogen (secondary N) is 6. The first kappa shape index (κ1) is 48.4. The van der Waals surface area contributed by atoms with Crippen molar-refractivity contribution in [1.29, 1.82) is 0 Å². The van der Waals surface area contributed by atoms with E-state index in [0.29, 0.717) is 0 Å². The SMILES string of the molecule is CC(C)C[C@H](NC(=O)[C@H](CC(N)=O)NC(=O)CNC(=O)[C@H](CO)NC(=O)[C@@H](N)CCC(N)=O)C(=O)N[C@H](C(=O)N[C@@H](CCCN=C(N)N)C(=O)O)C(C)C. The second kappa shape index (κ2) is 24.6. The van der Waals surface area contributed by atoms with Gasteiger partial charge in [0.1, 0.15) is 30.2 Å². The number of nitrogens with two attached hydrogens (primary N) is 5. The van der Waals surface area contributed by atoms with Crippen LogP contribution in [0.4, 0.5) is 0 Å². The summed E-state index contributed by atoms with van der Waals surface area (Å²) in [5.41, 5.74) is 26.5. The first-order valence-electron chi connectivity index (χ1n) is 17.1. The molecule has 0 bridgehead atoms. The normalized spacial score (nSPS) is 14.2. The number of carbonyl (C=O) groups is 9. The van der Waals surface area contributed by atoms with Gasteiger partial charge in [0.05, 0.1) is 25.6 Å². The molecule has 0 aliphatic carbocycles. The molecule has 0 spiro atoms. The van der Waals surface area contributed by atoms with Crippen LogP contribution < -0.4 is 60.6 Å². The van der Waals surface area contributed by atoms with Crippen LogP contribution in [0.2, 0.25) is 0 Å². The Kier molecular flexibility index (Phi) is 22.1. The van der Waals surface area contributed by atoms with Crippen molar-refractivity contribution < 1.29 is 53.4 Å².